The monoisotopic (exact) mass is 366 g/mol. The van der Waals surface area contributed by atoms with E-state index >= 15 is 0 Å². The minimum absolute atomic E-state index is 0. The number of nitrogens with zero attached hydrogens (tertiary/aromatic N) is 2. The Morgan fingerprint density at radius 1 is 1.50 bits per heavy atom. The molecule has 18 heavy (non-hydrogen) atoms. The number of rotatable bonds is 4. The zero-order valence-electron chi connectivity index (χ0n) is 10.9. The van der Waals surface area contributed by atoms with Gasteiger partial charge in [-0.15, -0.1) is 24.0 Å². The second-order valence-electron chi connectivity index (χ2n) is 4.02. The summed E-state index contributed by atoms with van der Waals surface area (Å²) < 4.78 is 13.2. The van der Waals surface area contributed by atoms with Crippen LogP contribution in [0.2, 0.25) is 0 Å². The SMILES string of the molecule is CN=C(N)NCC(c1cccc(F)c1)N(C)C.I. The second kappa shape index (κ2) is 8.25. The summed E-state index contributed by atoms with van der Waals surface area (Å²) in [7, 11) is 5.50. The topological polar surface area (TPSA) is 53.6 Å². The second-order valence-corrected chi connectivity index (χ2v) is 4.02. The number of halogens is 2. The Bertz CT molecular complexity index is 395. The number of nitrogens with two attached hydrogens (primary N) is 1. The van der Waals surface area contributed by atoms with E-state index in [1.165, 1.54) is 12.1 Å². The molecule has 0 aliphatic heterocycles. The third kappa shape index (κ3) is 5.18. The average molecular weight is 366 g/mol. The number of aliphatic imine (C=N–C) groups is 1. The molecule has 1 aromatic rings. The number of nitrogens with one attached hydrogen (secondary N) is 1. The maximum absolute atomic E-state index is 13.2. The Kier molecular flexibility index (Phi) is 7.85. The maximum atomic E-state index is 13.2. The summed E-state index contributed by atoms with van der Waals surface area (Å²) in [6, 6.07) is 6.62. The Morgan fingerprint density at radius 2 is 2.17 bits per heavy atom. The predicted molar refractivity (Wildman–Crippen MR) is 83.8 cm³/mol. The number of hydrogen-bond acceptors (Lipinski definition) is 2. The highest BCUT2D eigenvalue weighted by Gasteiger charge is 2.14. The molecule has 4 nitrogen and oxygen atoms in total. The first kappa shape index (κ1) is 17.1. The first-order valence-electron chi connectivity index (χ1n) is 5.42. The van der Waals surface area contributed by atoms with Gasteiger partial charge in [0.05, 0.1) is 6.04 Å². The van der Waals surface area contributed by atoms with E-state index in [4.69, 9.17) is 5.73 Å². The highest BCUT2D eigenvalue weighted by atomic mass is 127. The molecule has 1 aromatic carbocycles. The van der Waals surface area contributed by atoms with Crippen LogP contribution in [-0.2, 0) is 0 Å². The van der Waals surface area contributed by atoms with E-state index in [9.17, 15) is 4.39 Å². The van der Waals surface area contributed by atoms with Gasteiger partial charge in [-0.25, -0.2) is 4.39 Å². The van der Waals surface area contributed by atoms with Crippen molar-refractivity contribution in [2.75, 3.05) is 27.7 Å². The van der Waals surface area contributed by atoms with E-state index < -0.39 is 0 Å². The molecule has 1 atom stereocenters. The van der Waals surface area contributed by atoms with Gasteiger partial charge >= 0.3 is 0 Å². The molecule has 0 radical (unpaired) electrons. The van der Waals surface area contributed by atoms with Crippen LogP contribution in [0.15, 0.2) is 29.3 Å². The molecule has 102 valence electrons. The molecule has 0 bridgehead atoms. The third-order valence-corrected chi connectivity index (χ3v) is 2.57. The van der Waals surface area contributed by atoms with Crippen molar-refractivity contribution in [3.05, 3.63) is 35.6 Å². The molecule has 1 rings (SSSR count). The van der Waals surface area contributed by atoms with Crippen LogP contribution in [0.25, 0.3) is 0 Å². The number of hydrogen-bond donors (Lipinski definition) is 2. The summed E-state index contributed by atoms with van der Waals surface area (Å²) in [5.74, 6) is 0.153. The van der Waals surface area contributed by atoms with Crippen LogP contribution in [0, 0.1) is 5.82 Å². The minimum atomic E-state index is -0.230. The molecule has 0 spiro atoms. The lowest BCUT2D eigenvalue weighted by molar-refractivity contribution is 0.298. The summed E-state index contributed by atoms with van der Waals surface area (Å²) in [6.07, 6.45) is 0. The fourth-order valence-electron chi connectivity index (χ4n) is 1.59. The first-order chi connectivity index (χ1) is 8.04. The van der Waals surface area contributed by atoms with Gasteiger partial charge in [-0.05, 0) is 31.8 Å². The molecule has 0 fully saturated rings. The normalized spacial score (nSPS) is 13.1. The summed E-state index contributed by atoms with van der Waals surface area (Å²) in [5.41, 5.74) is 6.48. The fraction of sp³-hybridized carbons (Fsp3) is 0.417. The largest absolute Gasteiger partial charge is 0.370 e. The van der Waals surface area contributed by atoms with Crippen molar-refractivity contribution in [1.82, 2.24) is 10.2 Å². The number of likely N-dealkylation sites (N-methyl/N-ethyl adjacent to an activating group) is 1. The van der Waals surface area contributed by atoms with Gasteiger partial charge in [-0.1, -0.05) is 12.1 Å². The molecule has 0 aliphatic carbocycles. The highest BCUT2D eigenvalue weighted by Crippen LogP contribution is 2.17. The van der Waals surface area contributed by atoms with Crippen LogP contribution in [0.1, 0.15) is 11.6 Å². The molecule has 3 N–H and O–H groups in total. The van der Waals surface area contributed by atoms with Gasteiger partial charge in [0.2, 0.25) is 0 Å². The van der Waals surface area contributed by atoms with Crippen LogP contribution in [0.4, 0.5) is 4.39 Å². The Hall–Kier alpha value is -0.890. The average Bonchev–Trinajstić information content (AvgIpc) is 2.28. The number of benzene rings is 1. The van der Waals surface area contributed by atoms with Crippen LogP contribution >= 0.6 is 24.0 Å². The molecular weight excluding hydrogens is 346 g/mol. The lowest BCUT2D eigenvalue weighted by Crippen LogP contribution is -2.38. The van der Waals surface area contributed by atoms with Gasteiger partial charge in [0.25, 0.3) is 0 Å². The summed E-state index contributed by atoms with van der Waals surface area (Å²) >= 11 is 0. The van der Waals surface area contributed by atoms with Gasteiger partial charge in [0.1, 0.15) is 5.82 Å². The zero-order valence-corrected chi connectivity index (χ0v) is 13.2. The maximum Gasteiger partial charge on any atom is 0.188 e. The van der Waals surface area contributed by atoms with E-state index in [0.717, 1.165) is 5.56 Å². The van der Waals surface area contributed by atoms with Gasteiger partial charge in [0.15, 0.2) is 5.96 Å². The third-order valence-electron chi connectivity index (χ3n) is 2.57. The smallest absolute Gasteiger partial charge is 0.188 e. The van der Waals surface area contributed by atoms with Crippen molar-refractivity contribution < 1.29 is 4.39 Å². The van der Waals surface area contributed by atoms with Crippen molar-refractivity contribution in [2.24, 2.45) is 10.7 Å². The molecule has 0 aliphatic rings. The molecule has 6 heteroatoms. The van der Waals surface area contributed by atoms with Crippen LogP contribution in [-0.4, -0.2) is 38.5 Å². The van der Waals surface area contributed by atoms with E-state index in [0.29, 0.717) is 12.5 Å². The van der Waals surface area contributed by atoms with Gasteiger partial charge < -0.3 is 16.0 Å². The summed E-state index contributed by atoms with van der Waals surface area (Å²) in [5, 5.41) is 3.00. The first-order valence-corrected chi connectivity index (χ1v) is 5.42. The molecule has 0 aromatic heterocycles. The lowest BCUT2D eigenvalue weighted by Gasteiger charge is -2.25. The van der Waals surface area contributed by atoms with Gasteiger partial charge in [-0.2, -0.15) is 0 Å². The van der Waals surface area contributed by atoms with Crippen LogP contribution in [0.5, 0.6) is 0 Å². The van der Waals surface area contributed by atoms with Crippen molar-refractivity contribution in [2.45, 2.75) is 6.04 Å². The Labute approximate surface area is 124 Å². The van der Waals surface area contributed by atoms with E-state index in [2.05, 4.69) is 10.3 Å². The van der Waals surface area contributed by atoms with Crippen molar-refractivity contribution >= 4 is 29.9 Å². The van der Waals surface area contributed by atoms with Crippen molar-refractivity contribution in [3.63, 3.8) is 0 Å². The fourth-order valence-corrected chi connectivity index (χ4v) is 1.59. The van der Waals surface area contributed by atoms with E-state index in [-0.39, 0.29) is 35.8 Å². The molecule has 0 heterocycles. The summed E-state index contributed by atoms with van der Waals surface area (Å²) in [6.45, 7) is 0.583. The Balaban J connectivity index is 0.00000289. The molecule has 0 saturated heterocycles. The number of guanidine groups is 1. The van der Waals surface area contributed by atoms with E-state index in [1.807, 2.05) is 25.1 Å². The Morgan fingerprint density at radius 3 is 2.67 bits per heavy atom. The van der Waals surface area contributed by atoms with Crippen molar-refractivity contribution in [3.8, 4) is 0 Å². The summed E-state index contributed by atoms with van der Waals surface area (Å²) in [4.78, 5) is 5.83. The van der Waals surface area contributed by atoms with Crippen molar-refractivity contribution in [1.29, 1.82) is 0 Å². The van der Waals surface area contributed by atoms with Gasteiger partial charge in [-0.3, -0.25) is 4.99 Å². The quantitative estimate of drug-likeness (QED) is 0.483. The molecule has 0 saturated carbocycles. The minimum Gasteiger partial charge on any atom is -0.370 e. The molecular formula is C12H20FIN4. The molecule has 1 unspecified atom stereocenters. The highest BCUT2D eigenvalue weighted by molar-refractivity contribution is 14.0. The lowest BCUT2D eigenvalue weighted by atomic mass is 10.1. The molecule has 0 amide bonds. The predicted octanol–water partition coefficient (Wildman–Crippen LogP) is 1.58. The van der Waals surface area contributed by atoms with Gasteiger partial charge in [0, 0.05) is 13.6 Å². The van der Waals surface area contributed by atoms with Crippen LogP contribution < -0.4 is 11.1 Å². The standard InChI is InChI=1S/C12H19FN4.HI/c1-15-12(14)16-8-11(17(2)3)9-5-4-6-10(13)7-9;/h4-7,11H,8H2,1-3H3,(H3,14,15,16);1H. The zero-order chi connectivity index (χ0) is 12.8. The van der Waals surface area contributed by atoms with E-state index in [1.54, 1.807) is 13.1 Å². The van der Waals surface area contributed by atoms with Crippen LogP contribution in [0.3, 0.4) is 0 Å².